The maximum atomic E-state index is 12.2. The summed E-state index contributed by atoms with van der Waals surface area (Å²) in [5, 5.41) is 9.52. The Morgan fingerprint density at radius 3 is 2.48 bits per heavy atom. The van der Waals surface area contributed by atoms with Crippen molar-refractivity contribution in [3.05, 3.63) is 48.5 Å². The molecule has 6 nitrogen and oxygen atoms in total. The van der Waals surface area contributed by atoms with Crippen LogP contribution in [-0.2, 0) is 0 Å². The topological polar surface area (TPSA) is 62.2 Å². The number of amides is 1. The lowest BCUT2D eigenvalue weighted by molar-refractivity contribution is 0.183. The van der Waals surface area contributed by atoms with Crippen molar-refractivity contribution >= 4 is 11.8 Å². The van der Waals surface area contributed by atoms with Gasteiger partial charge in [-0.05, 0) is 62.3 Å². The van der Waals surface area contributed by atoms with Gasteiger partial charge in [-0.1, -0.05) is 12.5 Å². The second-order valence-corrected chi connectivity index (χ2v) is 6.67. The Hall–Kier alpha value is -2.73. The van der Waals surface area contributed by atoms with Gasteiger partial charge < -0.3 is 14.6 Å². The molecule has 6 heteroatoms. The Labute approximate surface area is 159 Å². The first kappa shape index (κ1) is 19.0. The van der Waals surface area contributed by atoms with E-state index < -0.39 is 6.09 Å². The molecule has 0 radical (unpaired) electrons. The highest BCUT2D eigenvalue weighted by Gasteiger charge is 2.14. The van der Waals surface area contributed by atoms with Crippen LogP contribution in [0.4, 0.5) is 10.5 Å². The number of anilines is 1. The van der Waals surface area contributed by atoms with Gasteiger partial charge in [0, 0.05) is 19.7 Å². The SMILES string of the molecule is CN(C(=O)Oc1ccc(OCCN2CCCCC2)cc1)c1cccc(O)c1. The lowest BCUT2D eigenvalue weighted by Gasteiger charge is -2.26. The van der Waals surface area contributed by atoms with Crippen LogP contribution in [0, 0.1) is 0 Å². The summed E-state index contributed by atoms with van der Waals surface area (Å²) >= 11 is 0. The molecule has 0 saturated carbocycles. The summed E-state index contributed by atoms with van der Waals surface area (Å²) in [5.41, 5.74) is 0.553. The maximum absolute atomic E-state index is 12.2. The van der Waals surface area contributed by atoms with Gasteiger partial charge in [0.15, 0.2) is 0 Å². The molecule has 1 heterocycles. The summed E-state index contributed by atoms with van der Waals surface area (Å²) in [4.78, 5) is 16.0. The number of carbonyl (C=O) groups excluding carboxylic acids is 1. The fourth-order valence-corrected chi connectivity index (χ4v) is 3.06. The van der Waals surface area contributed by atoms with Crippen LogP contribution < -0.4 is 14.4 Å². The molecule has 0 spiro atoms. The molecule has 1 N–H and O–H groups in total. The minimum atomic E-state index is -0.528. The number of rotatable bonds is 6. The van der Waals surface area contributed by atoms with Crippen molar-refractivity contribution in [2.45, 2.75) is 19.3 Å². The molecule has 2 aromatic carbocycles. The molecule has 1 saturated heterocycles. The van der Waals surface area contributed by atoms with Crippen molar-refractivity contribution in [3.8, 4) is 17.2 Å². The van der Waals surface area contributed by atoms with E-state index in [2.05, 4.69) is 4.90 Å². The van der Waals surface area contributed by atoms with Gasteiger partial charge in [0.1, 0.15) is 23.9 Å². The summed E-state index contributed by atoms with van der Waals surface area (Å²) < 4.78 is 11.1. The average molecular weight is 370 g/mol. The third kappa shape index (κ3) is 5.62. The average Bonchev–Trinajstić information content (AvgIpc) is 2.69. The molecular weight excluding hydrogens is 344 g/mol. The highest BCUT2D eigenvalue weighted by Crippen LogP contribution is 2.22. The number of hydrogen-bond donors (Lipinski definition) is 1. The summed E-state index contributed by atoms with van der Waals surface area (Å²) in [6.07, 6.45) is 3.35. The zero-order valence-corrected chi connectivity index (χ0v) is 15.6. The molecule has 0 atom stereocenters. The van der Waals surface area contributed by atoms with Gasteiger partial charge in [-0.2, -0.15) is 0 Å². The third-order valence-corrected chi connectivity index (χ3v) is 4.64. The molecule has 1 aliphatic rings. The Kier molecular flexibility index (Phi) is 6.54. The van der Waals surface area contributed by atoms with Crippen molar-refractivity contribution < 1.29 is 19.4 Å². The zero-order valence-electron chi connectivity index (χ0n) is 15.6. The van der Waals surface area contributed by atoms with Crippen LogP contribution in [0.1, 0.15) is 19.3 Å². The normalized spacial score (nSPS) is 14.6. The second-order valence-electron chi connectivity index (χ2n) is 6.67. The van der Waals surface area contributed by atoms with Crippen molar-refractivity contribution in [2.24, 2.45) is 0 Å². The number of nitrogens with zero attached hydrogens (tertiary/aromatic N) is 2. The van der Waals surface area contributed by atoms with E-state index in [1.807, 2.05) is 0 Å². The lowest BCUT2D eigenvalue weighted by Crippen LogP contribution is -2.33. The maximum Gasteiger partial charge on any atom is 0.419 e. The summed E-state index contributed by atoms with van der Waals surface area (Å²) in [5.74, 6) is 1.29. The summed E-state index contributed by atoms with van der Waals surface area (Å²) in [7, 11) is 1.59. The predicted molar refractivity (Wildman–Crippen MR) is 105 cm³/mol. The first-order valence-electron chi connectivity index (χ1n) is 9.31. The zero-order chi connectivity index (χ0) is 19.1. The molecule has 0 aliphatic carbocycles. The minimum Gasteiger partial charge on any atom is -0.508 e. The molecule has 0 bridgehead atoms. The third-order valence-electron chi connectivity index (χ3n) is 4.64. The van der Waals surface area contributed by atoms with Crippen molar-refractivity contribution in [2.75, 3.05) is 38.2 Å². The molecule has 1 amide bonds. The predicted octanol–water partition coefficient (Wildman–Crippen LogP) is 3.89. The van der Waals surface area contributed by atoms with Crippen LogP contribution >= 0.6 is 0 Å². The summed E-state index contributed by atoms with van der Waals surface area (Å²) in [6.45, 7) is 3.90. The Morgan fingerprint density at radius 2 is 1.78 bits per heavy atom. The van der Waals surface area contributed by atoms with Crippen LogP contribution in [0.5, 0.6) is 17.2 Å². The summed E-state index contributed by atoms with van der Waals surface area (Å²) in [6, 6.07) is 13.5. The number of likely N-dealkylation sites (tertiary alicyclic amines) is 1. The van der Waals surface area contributed by atoms with Crippen molar-refractivity contribution in [1.82, 2.24) is 4.90 Å². The van der Waals surface area contributed by atoms with E-state index in [1.54, 1.807) is 49.5 Å². The van der Waals surface area contributed by atoms with Crippen LogP contribution in [-0.4, -0.2) is 49.4 Å². The van der Waals surface area contributed by atoms with Gasteiger partial charge >= 0.3 is 6.09 Å². The van der Waals surface area contributed by atoms with Crippen LogP contribution in [0.3, 0.4) is 0 Å². The van der Waals surface area contributed by atoms with E-state index in [1.165, 1.54) is 30.2 Å². The van der Waals surface area contributed by atoms with Crippen LogP contribution in [0.25, 0.3) is 0 Å². The van der Waals surface area contributed by atoms with Crippen LogP contribution in [0.2, 0.25) is 0 Å². The second kappa shape index (κ2) is 9.28. The van der Waals surface area contributed by atoms with E-state index in [9.17, 15) is 9.90 Å². The Balaban J connectivity index is 1.47. The highest BCUT2D eigenvalue weighted by atomic mass is 16.6. The Bertz CT molecular complexity index is 742. The van der Waals surface area contributed by atoms with E-state index in [0.717, 1.165) is 25.4 Å². The van der Waals surface area contributed by atoms with Gasteiger partial charge in [0.05, 0.1) is 5.69 Å². The van der Waals surface area contributed by atoms with Crippen LogP contribution in [0.15, 0.2) is 48.5 Å². The number of carbonyl (C=O) groups is 1. The van der Waals surface area contributed by atoms with Gasteiger partial charge in [-0.3, -0.25) is 9.80 Å². The molecular formula is C21H26N2O4. The van der Waals surface area contributed by atoms with E-state index in [-0.39, 0.29) is 5.75 Å². The number of phenolic OH excluding ortho intramolecular Hbond substituents is 1. The van der Waals surface area contributed by atoms with Crippen molar-refractivity contribution in [3.63, 3.8) is 0 Å². The fourth-order valence-electron chi connectivity index (χ4n) is 3.06. The molecule has 1 aliphatic heterocycles. The number of aromatic hydroxyl groups is 1. The van der Waals surface area contributed by atoms with E-state index in [4.69, 9.17) is 9.47 Å². The standard InChI is InChI=1S/C21H26N2O4/c1-22(17-6-5-7-18(24)16-17)21(25)27-20-10-8-19(9-11-20)26-15-14-23-12-3-2-4-13-23/h5-11,16,24H,2-4,12-15H2,1H3. The number of benzene rings is 2. The first-order chi connectivity index (χ1) is 13.1. The smallest absolute Gasteiger partial charge is 0.419 e. The van der Waals surface area contributed by atoms with Gasteiger partial charge in [-0.25, -0.2) is 4.79 Å². The highest BCUT2D eigenvalue weighted by molar-refractivity contribution is 5.88. The number of piperidine rings is 1. The molecule has 0 aromatic heterocycles. The molecule has 3 rings (SSSR count). The van der Waals surface area contributed by atoms with E-state index >= 15 is 0 Å². The lowest BCUT2D eigenvalue weighted by atomic mass is 10.1. The first-order valence-corrected chi connectivity index (χ1v) is 9.31. The molecule has 2 aromatic rings. The van der Waals surface area contributed by atoms with Gasteiger partial charge in [-0.15, -0.1) is 0 Å². The quantitative estimate of drug-likeness (QED) is 0.836. The number of phenols is 1. The molecule has 27 heavy (non-hydrogen) atoms. The number of ether oxygens (including phenoxy) is 2. The molecule has 1 fully saturated rings. The van der Waals surface area contributed by atoms with Crippen molar-refractivity contribution in [1.29, 1.82) is 0 Å². The Morgan fingerprint density at radius 1 is 1.07 bits per heavy atom. The molecule has 0 unspecified atom stereocenters. The van der Waals surface area contributed by atoms with Gasteiger partial charge in [0.25, 0.3) is 0 Å². The molecule has 144 valence electrons. The van der Waals surface area contributed by atoms with Gasteiger partial charge in [0.2, 0.25) is 0 Å². The largest absolute Gasteiger partial charge is 0.508 e. The fraction of sp³-hybridized carbons (Fsp3) is 0.381. The minimum absolute atomic E-state index is 0.0956. The van der Waals surface area contributed by atoms with E-state index in [0.29, 0.717) is 18.0 Å². The monoisotopic (exact) mass is 370 g/mol. The number of hydrogen-bond acceptors (Lipinski definition) is 5.